The Labute approximate surface area is 393 Å². The second-order valence-electron chi connectivity index (χ2n) is 18.6. The van der Waals surface area contributed by atoms with Crippen LogP contribution in [0.3, 0.4) is 0 Å². The number of nitrogens with zero attached hydrogens (tertiary/aromatic N) is 2. The van der Waals surface area contributed by atoms with Crippen molar-refractivity contribution in [2.45, 2.75) is 225 Å². The zero-order valence-electron chi connectivity index (χ0n) is 40.3. The number of nitrogen functional groups attached to an aromatic ring is 1. The van der Waals surface area contributed by atoms with Crippen LogP contribution in [0.1, 0.15) is 201 Å². The standard InChI is InChI=1S/C46H85N3O15P2/c1-36(2)27-23-19-15-12-10-8-6-5-7-9-11-13-17-21-25-29-41(50)59-33-38(62-42(51)30-26-22-18-14-16-20-24-28-37(3)4)34-60-65(55,56)64-66(57,58)61-35-39-43(52)44(53)45(63-39)49-32-31-40(47)48-46(49)54/h31-32,36-39,43-45,52-53H,5-30,33-35H2,1-4H3,(H,55,56)(H,57,58)(H2,47,48,54)/t38-,39-,43+,44?,45-/m1/s1. The molecule has 384 valence electrons. The minimum absolute atomic E-state index is 0.0532. The number of anilines is 1. The minimum atomic E-state index is -5.41. The molecule has 0 amide bonds. The van der Waals surface area contributed by atoms with Gasteiger partial charge >= 0.3 is 33.3 Å². The van der Waals surface area contributed by atoms with Gasteiger partial charge in [-0.1, -0.05) is 169 Å². The lowest BCUT2D eigenvalue weighted by Crippen LogP contribution is -2.36. The van der Waals surface area contributed by atoms with E-state index < -0.39 is 83.7 Å². The van der Waals surface area contributed by atoms with Gasteiger partial charge in [-0.2, -0.15) is 9.29 Å². The summed E-state index contributed by atoms with van der Waals surface area (Å²) in [6.07, 6.45) is 20.9. The summed E-state index contributed by atoms with van der Waals surface area (Å²) in [6, 6.07) is 1.25. The molecule has 1 fully saturated rings. The third kappa shape index (κ3) is 28.3. The maximum absolute atomic E-state index is 12.8. The Morgan fingerprint density at radius 2 is 1.12 bits per heavy atom. The fourth-order valence-corrected chi connectivity index (χ4v) is 9.79. The normalized spacial score (nSPS) is 19.8. The number of aromatic nitrogens is 2. The minimum Gasteiger partial charge on any atom is -0.462 e. The molecule has 1 aromatic rings. The van der Waals surface area contributed by atoms with Gasteiger partial charge in [-0.3, -0.25) is 23.2 Å². The number of carbonyl (C=O) groups excluding carboxylic acids is 2. The van der Waals surface area contributed by atoms with Crippen molar-refractivity contribution in [1.29, 1.82) is 0 Å². The number of carbonyl (C=O) groups is 2. The first-order valence-corrected chi connectivity index (χ1v) is 27.8. The summed E-state index contributed by atoms with van der Waals surface area (Å²) in [7, 11) is -10.8. The molecular formula is C46H85N3O15P2. The van der Waals surface area contributed by atoms with Gasteiger partial charge in [0.25, 0.3) is 0 Å². The lowest BCUT2D eigenvalue weighted by molar-refractivity contribution is -0.161. The van der Waals surface area contributed by atoms with Crippen LogP contribution in [0.5, 0.6) is 0 Å². The molecule has 1 aromatic heterocycles. The number of ether oxygens (including phenoxy) is 3. The zero-order chi connectivity index (χ0) is 48.8. The van der Waals surface area contributed by atoms with Gasteiger partial charge in [0.05, 0.1) is 13.2 Å². The Bertz CT molecular complexity index is 1630. The first kappa shape index (κ1) is 59.9. The molecule has 0 bridgehead atoms. The molecule has 0 radical (unpaired) electrons. The zero-order valence-corrected chi connectivity index (χ0v) is 42.1. The lowest BCUT2D eigenvalue weighted by Gasteiger charge is -2.21. The number of hydrogen-bond acceptors (Lipinski definition) is 15. The van der Waals surface area contributed by atoms with Gasteiger partial charge in [0, 0.05) is 19.0 Å². The number of phosphoric ester groups is 2. The van der Waals surface area contributed by atoms with Crippen LogP contribution in [0.25, 0.3) is 0 Å². The van der Waals surface area contributed by atoms with Gasteiger partial charge in [0.15, 0.2) is 12.3 Å². The van der Waals surface area contributed by atoms with Crippen LogP contribution >= 0.6 is 15.6 Å². The molecule has 1 aliphatic heterocycles. The largest absolute Gasteiger partial charge is 0.481 e. The van der Waals surface area contributed by atoms with E-state index in [1.54, 1.807) is 0 Å². The maximum atomic E-state index is 12.8. The monoisotopic (exact) mass is 982 g/mol. The van der Waals surface area contributed by atoms with Crippen LogP contribution in [0, 0.1) is 11.8 Å². The van der Waals surface area contributed by atoms with E-state index in [0.717, 1.165) is 61.9 Å². The van der Waals surface area contributed by atoms with E-state index in [2.05, 4.69) is 37.0 Å². The Balaban J connectivity index is 1.77. The molecule has 2 rings (SSSR count). The number of rotatable bonds is 40. The van der Waals surface area contributed by atoms with Crippen LogP contribution in [-0.2, 0) is 46.3 Å². The molecule has 20 heteroatoms. The number of hydrogen-bond donors (Lipinski definition) is 5. The van der Waals surface area contributed by atoms with E-state index in [0.29, 0.717) is 18.8 Å². The Morgan fingerprint density at radius 1 is 0.682 bits per heavy atom. The highest BCUT2D eigenvalue weighted by atomic mass is 31.3. The predicted molar refractivity (Wildman–Crippen MR) is 252 cm³/mol. The molecule has 0 saturated carbocycles. The fourth-order valence-electron chi connectivity index (χ4n) is 7.68. The van der Waals surface area contributed by atoms with Crippen molar-refractivity contribution in [3.8, 4) is 0 Å². The van der Waals surface area contributed by atoms with Crippen LogP contribution in [-0.4, -0.2) is 85.7 Å². The van der Waals surface area contributed by atoms with Crippen molar-refractivity contribution in [1.82, 2.24) is 9.55 Å². The summed E-state index contributed by atoms with van der Waals surface area (Å²) in [4.78, 5) is 61.7. The molecule has 0 aromatic carbocycles. The highest BCUT2D eigenvalue weighted by molar-refractivity contribution is 7.61. The number of unbranched alkanes of at least 4 members (excludes halogenated alkanes) is 20. The summed E-state index contributed by atoms with van der Waals surface area (Å²) in [6.45, 7) is 6.71. The second kappa shape index (κ2) is 34.1. The second-order valence-corrected chi connectivity index (χ2v) is 21.7. The lowest BCUT2D eigenvalue weighted by atomic mass is 10.0. The number of aliphatic hydroxyl groups excluding tert-OH is 2. The van der Waals surface area contributed by atoms with Crippen molar-refractivity contribution in [2.24, 2.45) is 11.8 Å². The highest BCUT2D eigenvalue weighted by Gasteiger charge is 2.46. The number of nitrogens with two attached hydrogens (primary N) is 1. The third-order valence-electron chi connectivity index (χ3n) is 11.5. The van der Waals surface area contributed by atoms with Gasteiger partial charge in [-0.15, -0.1) is 0 Å². The summed E-state index contributed by atoms with van der Waals surface area (Å²) < 4.78 is 56.7. The summed E-state index contributed by atoms with van der Waals surface area (Å²) in [5, 5.41) is 20.9. The van der Waals surface area contributed by atoms with E-state index in [4.69, 9.17) is 29.0 Å². The smallest absolute Gasteiger partial charge is 0.462 e. The van der Waals surface area contributed by atoms with Gasteiger partial charge in [0.1, 0.15) is 30.7 Å². The van der Waals surface area contributed by atoms with Crippen LogP contribution < -0.4 is 11.4 Å². The van der Waals surface area contributed by atoms with Crippen molar-refractivity contribution >= 4 is 33.4 Å². The average molecular weight is 982 g/mol. The topological polar surface area (TPSA) is 265 Å². The van der Waals surface area contributed by atoms with Crippen molar-refractivity contribution in [2.75, 3.05) is 25.6 Å². The number of aliphatic hydroxyl groups is 2. The molecule has 3 unspecified atom stereocenters. The third-order valence-corrected chi connectivity index (χ3v) is 14.1. The molecule has 66 heavy (non-hydrogen) atoms. The molecule has 6 N–H and O–H groups in total. The van der Waals surface area contributed by atoms with E-state index in [1.807, 2.05) is 0 Å². The number of esters is 2. The first-order chi connectivity index (χ1) is 31.4. The average Bonchev–Trinajstić information content (AvgIpc) is 3.52. The van der Waals surface area contributed by atoms with Gasteiger partial charge in [-0.05, 0) is 30.7 Å². The molecule has 1 saturated heterocycles. The summed E-state index contributed by atoms with van der Waals surface area (Å²) in [5.74, 6) is 0.210. The fraction of sp³-hybridized carbons (Fsp3) is 0.870. The summed E-state index contributed by atoms with van der Waals surface area (Å²) in [5.41, 5.74) is 4.59. The van der Waals surface area contributed by atoms with E-state index in [-0.39, 0.29) is 18.7 Å². The Morgan fingerprint density at radius 3 is 1.59 bits per heavy atom. The SMILES string of the molecule is CC(C)CCCCCCCCCCCCCCCCCC(=O)OC[C@H](COP(=O)(O)OP(=O)(O)OC[C@H]1O[C@@H](n2ccc(N)nc2=O)C(O)[C@H]1O)OC(=O)CCCCCCCCCC(C)C. The van der Waals surface area contributed by atoms with E-state index in [9.17, 15) is 43.5 Å². The predicted octanol–water partition coefficient (Wildman–Crippen LogP) is 9.60. The van der Waals surface area contributed by atoms with Gasteiger partial charge < -0.3 is 39.9 Å². The molecule has 18 nitrogen and oxygen atoms in total. The molecule has 2 heterocycles. The maximum Gasteiger partial charge on any atom is 0.481 e. The molecule has 1 aliphatic rings. The van der Waals surface area contributed by atoms with E-state index >= 15 is 0 Å². The van der Waals surface area contributed by atoms with Crippen LogP contribution in [0.2, 0.25) is 0 Å². The van der Waals surface area contributed by atoms with Crippen LogP contribution in [0.15, 0.2) is 17.1 Å². The highest BCUT2D eigenvalue weighted by Crippen LogP contribution is 2.60. The van der Waals surface area contributed by atoms with Crippen molar-refractivity contribution in [3.05, 3.63) is 22.7 Å². The quantitative estimate of drug-likeness (QED) is 0.0233. The molecular weight excluding hydrogens is 896 g/mol. The van der Waals surface area contributed by atoms with Crippen molar-refractivity contribution in [3.63, 3.8) is 0 Å². The van der Waals surface area contributed by atoms with E-state index in [1.165, 1.54) is 102 Å². The summed E-state index contributed by atoms with van der Waals surface area (Å²) >= 11 is 0. The Hall–Kier alpha value is -2.24. The van der Waals surface area contributed by atoms with Gasteiger partial charge in [-0.25, -0.2) is 13.9 Å². The molecule has 0 spiro atoms. The molecule has 7 atom stereocenters. The first-order valence-electron chi connectivity index (χ1n) is 24.8. The molecule has 0 aliphatic carbocycles. The van der Waals surface area contributed by atoms with Crippen molar-refractivity contribution < 1.29 is 66.3 Å². The van der Waals surface area contributed by atoms with Crippen LogP contribution in [0.4, 0.5) is 5.82 Å². The number of phosphoric acid groups is 2. The van der Waals surface area contributed by atoms with Gasteiger partial charge in [0.2, 0.25) is 0 Å². The Kier molecular flexibility index (Phi) is 31.0.